The van der Waals surface area contributed by atoms with E-state index >= 15 is 0 Å². The molecule has 4 heteroatoms. The summed E-state index contributed by atoms with van der Waals surface area (Å²) < 4.78 is 0. The third-order valence-corrected chi connectivity index (χ3v) is 4.00. The van der Waals surface area contributed by atoms with Gasteiger partial charge >= 0.3 is 0 Å². The first-order valence-corrected chi connectivity index (χ1v) is 7.15. The molecule has 0 bridgehead atoms. The van der Waals surface area contributed by atoms with Crippen LogP contribution in [0, 0.1) is 5.92 Å². The third kappa shape index (κ3) is 3.69. The molecule has 0 aromatic carbocycles. The molecule has 2 rings (SSSR count). The maximum atomic E-state index is 12.2. The van der Waals surface area contributed by atoms with Crippen molar-refractivity contribution >= 4 is 11.6 Å². The van der Waals surface area contributed by atoms with Crippen LogP contribution in [0.3, 0.4) is 0 Å². The molecule has 1 unspecified atom stereocenters. The molecule has 1 saturated carbocycles. The predicted molar refractivity (Wildman–Crippen MR) is 77.3 cm³/mol. The highest BCUT2D eigenvalue weighted by atomic mass is 16.1. The molecular formula is C15H23N3O. The van der Waals surface area contributed by atoms with E-state index in [1.807, 2.05) is 13.1 Å². The summed E-state index contributed by atoms with van der Waals surface area (Å²) in [4.78, 5) is 16.3. The van der Waals surface area contributed by atoms with Crippen molar-refractivity contribution in [2.45, 2.75) is 45.1 Å². The van der Waals surface area contributed by atoms with Crippen molar-refractivity contribution in [1.82, 2.24) is 10.3 Å². The lowest BCUT2D eigenvalue weighted by Crippen LogP contribution is -2.39. The highest BCUT2D eigenvalue weighted by Crippen LogP contribution is 2.26. The van der Waals surface area contributed by atoms with Crippen LogP contribution in [0.2, 0.25) is 0 Å². The van der Waals surface area contributed by atoms with Gasteiger partial charge in [0.25, 0.3) is 5.91 Å². The van der Waals surface area contributed by atoms with E-state index < -0.39 is 0 Å². The molecule has 1 atom stereocenters. The molecule has 104 valence electrons. The third-order valence-electron chi connectivity index (χ3n) is 4.00. The summed E-state index contributed by atoms with van der Waals surface area (Å²) in [5.41, 5.74) is 1.39. The summed E-state index contributed by atoms with van der Waals surface area (Å²) >= 11 is 0. The highest BCUT2D eigenvalue weighted by molar-refractivity contribution is 5.93. The van der Waals surface area contributed by atoms with Gasteiger partial charge < -0.3 is 10.6 Å². The lowest BCUT2D eigenvalue weighted by atomic mass is 9.84. The number of hydrogen-bond acceptors (Lipinski definition) is 3. The molecule has 0 spiro atoms. The van der Waals surface area contributed by atoms with E-state index in [9.17, 15) is 4.79 Å². The van der Waals surface area contributed by atoms with Crippen molar-refractivity contribution in [3.63, 3.8) is 0 Å². The van der Waals surface area contributed by atoms with E-state index in [1.54, 1.807) is 12.3 Å². The van der Waals surface area contributed by atoms with E-state index in [4.69, 9.17) is 0 Å². The normalized spacial score (nSPS) is 17.8. The van der Waals surface area contributed by atoms with Crippen molar-refractivity contribution in [3.05, 3.63) is 24.0 Å². The average Bonchev–Trinajstić information content (AvgIpc) is 2.48. The molecule has 1 heterocycles. The fourth-order valence-electron chi connectivity index (χ4n) is 2.74. The molecule has 1 aromatic rings. The molecule has 1 aliphatic carbocycles. The molecule has 0 saturated heterocycles. The van der Waals surface area contributed by atoms with Gasteiger partial charge in [-0.05, 0) is 37.8 Å². The number of hydrogen-bond donors (Lipinski definition) is 2. The van der Waals surface area contributed by atoms with Crippen LogP contribution < -0.4 is 10.6 Å². The van der Waals surface area contributed by atoms with Gasteiger partial charge in [0.1, 0.15) is 5.69 Å². The molecule has 0 aliphatic heterocycles. The van der Waals surface area contributed by atoms with Crippen LogP contribution in [-0.4, -0.2) is 24.0 Å². The second-order valence-corrected chi connectivity index (χ2v) is 5.34. The van der Waals surface area contributed by atoms with Gasteiger partial charge in [0, 0.05) is 25.0 Å². The van der Waals surface area contributed by atoms with E-state index in [0.29, 0.717) is 11.6 Å². The van der Waals surface area contributed by atoms with Gasteiger partial charge in [0.15, 0.2) is 0 Å². The summed E-state index contributed by atoms with van der Waals surface area (Å²) in [5.74, 6) is 0.542. The quantitative estimate of drug-likeness (QED) is 0.876. The van der Waals surface area contributed by atoms with Crippen LogP contribution in [-0.2, 0) is 0 Å². The van der Waals surface area contributed by atoms with Gasteiger partial charge in [0.05, 0.1) is 0 Å². The van der Waals surface area contributed by atoms with Gasteiger partial charge in [-0.2, -0.15) is 0 Å². The molecule has 4 nitrogen and oxygen atoms in total. The zero-order chi connectivity index (χ0) is 13.7. The number of nitrogens with zero attached hydrogens (tertiary/aromatic N) is 1. The SMILES string of the molecule is CNc1ccnc(C(=O)NC(C)C2CCCCC2)c1. The van der Waals surface area contributed by atoms with Crippen molar-refractivity contribution in [2.24, 2.45) is 5.92 Å². The smallest absolute Gasteiger partial charge is 0.270 e. The topological polar surface area (TPSA) is 54.0 Å². The molecule has 1 aromatic heterocycles. The van der Waals surface area contributed by atoms with Crippen LogP contribution in [0.15, 0.2) is 18.3 Å². The van der Waals surface area contributed by atoms with Crippen LogP contribution >= 0.6 is 0 Å². The van der Waals surface area contributed by atoms with Gasteiger partial charge in [-0.15, -0.1) is 0 Å². The fourth-order valence-corrected chi connectivity index (χ4v) is 2.74. The Bertz CT molecular complexity index is 427. The Morgan fingerprint density at radius 1 is 1.37 bits per heavy atom. The fraction of sp³-hybridized carbons (Fsp3) is 0.600. The van der Waals surface area contributed by atoms with Crippen LogP contribution in [0.4, 0.5) is 5.69 Å². The zero-order valence-corrected chi connectivity index (χ0v) is 11.8. The molecular weight excluding hydrogens is 238 g/mol. The Morgan fingerprint density at radius 3 is 2.79 bits per heavy atom. The van der Waals surface area contributed by atoms with Crippen LogP contribution in [0.25, 0.3) is 0 Å². The summed E-state index contributed by atoms with van der Waals surface area (Å²) in [5, 5.41) is 6.11. The summed E-state index contributed by atoms with van der Waals surface area (Å²) in [6.45, 7) is 2.11. The predicted octanol–water partition coefficient (Wildman–Crippen LogP) is 2.82. The zero-order valence-electron chi connectivity index (χ0n) is 11.8. The lowest BCUT2D eigenvalue weighted by Gasteiger charge is -2.28. The number of nitrogens with one attached hydrogen (secondary N) is 2. The number of pyridine rings is 1. The Labute approximate surface area is 115 Å². The van der Waals surface area contributed by atoms with Crippen LogP contribution in [0.5, 0.6) is 0 Å². The first kappa shape index (κ1) is 13.8. The number of carbonyl (C=O) groups excluding carboxylic acids is 1. The second kappa shape index (κ2) is 6.55. The molecule has 1 aliphatic rings. The van der Waals surface area contributed by atoms with Crippen molar-refractivity contribution in [3.8, 4) is 0 Å². The largest absolute Gasteiger partial charge is 0.388 e. The van der Waals surface area contributed by atoms with Crippen molar-refractivity contribution < 1.29 is 4.79 Å². The minimum atomic E-state index is -0.0739. The van der Waals surface area contributed by atoms with Gasteiger partial charge in [0.2, 0.25) is 0 Å². The standard InChI is InChI=1S/C15H23N3O/c1-11(12-6-4-3-5-7-12)18-15(19)14-10-13(16-2)8-9-17-14/h8-12H,3-7H2,1-2H3,(H,16,17)(H,18,19). The number of carbonyl (C=O) groups is 1. The molecule has 1 fully saturated rings. The summed E-state index contributed by atoms with van der Waals surface area (Å²) in [6, 6.07) is 3.86. The maximum Gasteiger partial charge on any atom is 0.270 e. The average molecular weight is 261 g/mol. The Kier molecular flexibility index (Phi) is 4.77. The Morgan fingerprint density at radius 2 is 2.11 bits per heavy atom. The minimum Gasteiger partial charge on any atom is -0.388 e. The molecule has 1 amide bonds. The highest BCUT2D eigenvalue weighted by Gasteiger charge is 2.22. The Balaban J connectivity index is 1.95. The van der Waals surface area contributed by atoms with E-state index in [2.05, 4.69) is 22.5 Å². The van der Waals surface area contributed by atoms with E-state index in [0.717, 1.165) is 5.69 Å². The minimum absolute atomic E-state index is 0.0739. The van der Waals surface area contributed by atoms with Gasteiger partial charge in [-0.25, -0.2) is 0 Å². The number of aromatic nitrogens is 1. The molecule has 2 N–H and O–H groups in total. The number of amides is 1. The molecule has 0 radical (unpaired) electrons. The van der Waals surface area contributed by atoms with E-state index in [1.165, 1.54) is 32.1 Å². The van der Waals surface area contributed by atoms with Crippen LogP contribution in [0.1, 0.15) is 49.5 Å². The maximum absolute atomic E-state index is 12.2. The Hall–Kier alpha value is -1.58. The van der Waals surface area contributed by atoms with Gasteiger partial charge in [-0.3, -0.25) is 9.78 Å². The molecule has 19 heavy (non-hydrogen) atoms. The van der Waals surface area contributed by atoms with Gasteiger partial charge in [-0.1, -0.05) is 19.3 Å². The lowest BCUT2D eigenvalue weighted by molar-refractivity contribution is 0.0914. The summed E-state index contributed by atoms with van der Waals surface area (Å²) in [7, 11) is 1.83. The first-order valence-electron chi connectivity index (χ1n) is 7.15. The second-order valence-electron chi connectivity index (χ2n) is 5.34. The number of anilines is 1. The number of rotatable bonds is 4. The van der Waals surface area contributed by atoms with Crippen molar-refractivity contribution in [1.29, 1.82) is 0 Å². The first-order chi connectivity index (χ1) is 9.20. The van der Waals surface area contributed by atoms with E-state index in [-0.39, 0.29) is 11.9 Å². The monoisotopic (exact) mass is 261 g/mol. The summed E-state index contributed by atoms with van der Waals surface area (Å²) in [6.07, 6.45) is 8.03. The van der Waals surface area contributed by atoms with Crippen molar-refractivity contribution in [2.75, 3.05) is 12.4 Å².